The van der Waals surface area contributed by atoms with Crippen molar-refractivity contribution in [3.63, 3.8) is 0 Å². The first-order valence-corrected chi connectivity index (χ1v) is 14.7. The Morgan fingerprint density at radius 3 is 2.43 bits per heavy atom. The van der Waals surface area contributed by atoms with E-state index in [0.717, 1.165) is 68.6 Å². The molecular formula is C30H51N5O2. The molecule has 0 aromatic carbocycles. The second-order valence-corrected chi connectivity index (χ2v) is 13.3. The number of methoxy groups -OCH3 is 1. The molecule has 1 atom stereocenters. The van der Waals surface area contributed by atoms with Crippen molar-refractivity contribution in [1.82, 2.24) is 20.2 Å². The number of hydrogen-bond donors (Lipinski definition) is 1. The van der Waals surface area contributed by atoms with E-state index < -0.39 is 0 Å². The monoisotopic (exact) mass is 513 g/mol. The zero-order valence-corrected chi connectivity index (χ0v) is 24.4. The van der Waals surface area contributed by atoms with Crippen LogP contribution in [0.15, 0.2) is 6.07 Å². The van der Waals surface area contributed by atoms with Gasteiger partial charge in [-0.2, -0.15) is 0 Å². The van der Waals surface area contributed by atoms with Crippen molar-refractivity contribution in [1.29, 1.82) is 0 Å². The molecule has 1 aliphatic heterocycles. The van der Waals surface area contributed by atoms with Gasteiger partial charge in [0, 0.05) is 61.9 Å². The van der Waals surface area contributed by atoms with Crippen molar-refractivity contribution in [3.8, 4) is 0 Å². The first-order valence-electron chi connectivity index (χ1n) is 14.7. The van der Waals surface area contributed by atoms with Gasteiger partial charge in [-0.15, -0.1) is 0 Å². The van der Waals surface area contributed by atoms with Gasteiger partial charge in [0.05, 0.1) is 6.10 Å². The summed E-state index contributed by atoms with van der Waals surface area (Å²) in [6.07, 6.45) is 8.06. The van der Waals surface area contributed by atoms with Gasteiger partial charge in [0.15, 0.2) is 0 Å². The first kappa shape index (κ1) is 28.3. The number of anilines is 1. The second-order valence-electron chi connectivity index (χ2n) is 13.3. The Kier molecular flexibility index (Phi) is 9.16. The number of nitrogens with zero attached hydrogens (tertiary/aromatic N) is 4. The van der Waals surface area contributed by atoms with Gasteiger partial charge in [-0.05, 0) is 70.3 Å². The Morgan fingerprint density at radius 1 is 1.14 bits per heavy atom. The van der Waals surface area contributed by atoms with E-state index in [1.54, 1.807) is 7.11 Å². The molecule has 0 radical (unpaired) electrons. The molecule has 4 rings (SSSR count). The van der Waals surface area contributed by atoms with Gasteiger partial charge in [-0.3, -0.25) is 9.69 Å². The first-order chi connectivity index (χ1) is 17.5. The predicted molar refractivity (Wildman–Crippen MR) is 150 cm³/mol. The number of nitrogens with one attached hydrogen (secondary N) is 1. The zero-order valence-electron chi connectivity index (χ0n) is 24.4. The van der Waals surface area contributed by atoms with Crippen LogP contribution in [0.25, 0.3) is 0 Å². The maximum absolute atomic E-state index is 12.5. The number of hydrogen-bond acceptors (Lipinski definition) is 6. The molecule has 0 bridgehead atoms. The third-order valence-corrected chi connectivity index (χ3v) is 8.85. The van der Waals surface area contributed by atoms with Crippen LogP contribution < -0.4 is 10.2 Å². The summed E-state index contributed by atoms with van der Waals surface area (Å²) in [4.78, 5) is 27.5. The van der Waals surface area contributed by atoms with Crippen molar-refractivity contribution >= 4 is 11.7 Å². The Morgan fingerprint density at radius 2 is 1.84 bits per heavy atom. The van der Waals surface area contributed by atoms with Crippen LogP contribution >= 0.6 is 0 Å². The fourth-order valence-corrected chi connectivity index (χ4v) is 6.06. The fourth-order valence-electron chi connectivity index (χ4n) is 6.06. The molecule has 208 valence electrons. The Labute approximate surface area is 225 Å². The summed E-state index contributed by atoms with van der Waals surface area (Å²) in [5, 5.41) is 3.32. The number of carbonyl (C=O) groups excluding carboxylic acids is 1. The van der Waals surface area contributed by atoms with Gasteiger partial charge >= 0.3 is 0 Å². The highest BCUT2D eigenvalue weighted by Crippen LogP contribution is 2.32. The minimum absolute atomic E-state index is 0.0587. The summed E-state index contributed by atoms with van der Waals surface area (Å²) >= 11 is 0. The molecule has 2 heterocycles. The van der Waals surface area contributed by atoms with Gasteiger partial charge in [0.2, 0.25) is 5.91 Å². The van der Waals surface area contributed by atoms with E-state index >= 15 is 0 Å². The van der Waals surface area contributed by atoms with Gasteiger partial charge in [0.1, 0.15) is 11.6 Å². The Hall–Kier alpha value is -1.73. The SMILES string of the molecule is CO[C@H]1C[C@H](C(=O)NC2CCC(CCN3CCN(c4cc(C(C)C)nc(C(C)(C)C)n4)[C@@H](C)C3)CC2)C1. The molecule has 3 aliphatic rings. The van der Waals surface area contributed by atoms with Gasteiger partial charge < -0.3 is 15.0 Å². The molecule has 1 N–H and O–H groups in total. The normalized spacial score (nSPS) is 29.3. The molecular weight excluding hydrogens is 462 g/mol. The van der Waals surface area contributed by atoms with E-state index in [0.29, 0.717) is 18.0 Å². The Bertz CT molecular complexity index is 900. The molecule has 0 spiro atoms. The number of amides is 1. The van der Waals surface area contributed by atoms with Crippen molar-refractivity contribution in [3.05, 3.63) is 17.6 Å². The molecule has 0 unspecified atom stereocenters. The topological polar surface area (TPSA) is 70.6 Å². The lowest BCUT2D eigenvalue weighted by atomic mass is 9.80. The van der Waals surface area contributed by atoms with Crippen molar-refractivity contribution in [2.45, 2.75) is 116 Å². The molecule has 1 saturated heterocycles. The van der Waals surface area contributed by atoms with Gasteiger partial charge in [-0.25, -0.2) is 9.97 Å². The molecule has 7 nitrogen and oxygen atoms in total. The highest BCUT2D eigenvalue weighted by Gasteiger charge is 2.36. The van der Waals surface area contributed by atoms with E-state index in [9.17, 15) is 4.79 Å². The molecule has 3 fully saturated rings. The molecule has 1 aromatic rings. The van der Waals surface area contributed by atoms with Crippen LogP contribution in [-0.2, 0) is 14.9 Å². The summed E-state index contributed by atoms with van der Waals surface area (Å²) < 4.78 is 5.32. The minimum Gasteiger partial charge on any atom is -0.381 e. The highest BCUT2D eigenvalue weighted by atomic mass is 16.5. The van der Waals surface area contributed by atoms with E-state index in [-0.39, 0.29) is 23.3 Å². The molecule has 2 aliphatic carbocycles. The number of aromatic nitrogens is 2. The number of ether oxygens (including phenoxy) is 1. The molecule has 1 amide bonds. The minimum atomic E-state index is -0.0587. The average Bonchev–Trinajstić information content (AvgIpc) is 2.82. The van der Waals surface area contributed by atoms with E-state index in [2.05, 4.69) is 62.7 Å². The predicted octanol–water partition coefficient (Wildman–Crippen LogP) is 4.90. The lowest BCUT2D eigenvalue weighted by Crippen LogP contribution is -2.52. The molecule has 1 aromatic heterocycles. The van der Waals surface area contributed by atoms with Crippen LogP contribution in [0.3, 0.4) is 0 Å². The number of carbonyl (C=O) groups is 1. The lowest BCUT2D eigenvalue weighted by molar-refractivity contribution is -0.133. The van der Waals surface area contributed by atoms with Crippen molar-refractivity contribution in [2.24, 2.45) is 11.8 Å². The van der Waals surface area contributed by atoms with Crippen LogP contribution in [0.1, 0.15) is 104 Å². The van der Waals surface area contributed by atoms with Crippen LogP contribution in [0.2, 0.25) is 0 Å². The largest absolute Gasteiger partial charge is 0.381 e. The summed E-state index contributed by atoms with van der Waals surface area (Å²) in [5.41, 5.74) is 1.08. The van der Waals surface area contributed by atoms with Gasteiger partial charge in [0.25, 0.3) is 0 Å². The third-order valence-electron chi connectivity index (χ3n) is 8.85. The van der Waals surface area contributed by atoms with E-state index in [1.807, 2.05) is 0 Å². The second kappa shape index (κ2) is 12.0. The average molecular weight is 514 g/mol. The number of piperazine rings is 1. The summed E-state index contributed by atoms with van der Waals surface area (Å²) in [7, 11) is 1.74. The number of rotatable bonds is 8. The van der Waals surface area contributed by atoms with E-state index in [4.69, 9.17) is 14.7 Å². The van der Waals surface area contributed by atoms with Crippen molar-refractivity contribution in [2.75, 3.05) is 38.2 Å². The Balaban J connectivity index is 1.22. The maximum Gasteiger partial charge on any atom is 0.223 e. The summed E-state index contributed by atoms with van der Waals surface area (Å²) in [6, 6.07) is 3.02. The van der Waals surface area contributed by atoms with Crippen molar-refractivity contribution < 1.29 is 9.53 Å². The van der Waals surface area contributed by atoms with Crippen LogP contribution in [0, 0.1) is 11.8 Å². The van der Waals surface area contributed by atoms with Crippen LogP contribution in [0.4, 0.5) is 5.82 Å². The van der Waals surface area contributed by atoms with Crippen LogP contribution in [0.5, 0.6) is 0 Å². The maximum atomic E-state index is 12.5. The van der Waals surface area contributed by atoms with Crippen LogP contribution in [-0.4, -0.2) is 72.3 Å². The fraction of sp³-hybridized carbons (Fsp3) is 0.833. The smallest absolute Gasteiger partial charge is 0.223 e. The third kappa shape index (κ3) is 7.23. The quantitative estimate of drug-likeness (QED) is 0.533. The zero-order chi connectivity index (χ0) is 26.7. The summed E-state index contributed by atoms with van der Waals surface area (Å²) in [5.74, 6) is 3.64. The van der Waals surface area contributed by atoms with Gasteiger partial charge in [-0.1, -0.05) is 34.6 Å². The highest BCUT2D eigenvalue weighted by molar-refractivity contribution is 5.80. The summed E-state index contributed by atoms with van der Waals surface area (Å²) in [6.45, 7) is 17.7. The molecule has 7 heteroatoms. The lowest BCUT2D eigenvalue weighted by Gasteiger charge is -2.41. The van der Waals surface area contributed by atoms with E-state index in [1.165, 1.54) is 25.8 Å². The standard InChI is InChI=1S/C30H51N5O2/c1-20(2)26-18-27(33-29(32-26)30(4,5)6)35-15-14-34(19-21(35)3)13-12-22-8-10-24(11-9-22)31-28(36)23-16-25(17-23)37-7/h18,20-25H,8-17,19H2,1-7H3,(H,31,36)/t21-,22?,23-,24?,25-/m0/s1. The molecule has 2 saturated carbocycles. The molecule has 37 heavy (non-hydrogen) atoms.